The monoisotopic (exact) mass is 283 g/mol. The van der Waals surface area contributed by atoms with E-state index in [1.165, 1.54) is 6.07 Å². The van der Waals surface area contributed by atoms with Crippen LogP contribution in [0, 0.1) is 21.7 Å². The number of hydrogen-bond donors (Lipinski definition) is 3. The van der Waals surface area contributed by atoms with Crippen molar-refractivity contribution < 1.29 is 13.7 Å². The first-order chi connectivity index (χ1) is 9.33. The van der Waals surface area contributed by atoms with Gasteiger partial charge < -0.3 is 11.1 Å². The van der Waals surface area contributed by atoms with Crippen LogP contribution in [-0.2, 0) is 6.42 Å². The topological polar surface area (TPSA) is 120 Å². The summed E-state index contributed by atoms with van der Waals surface area (Å²) >= 11 is 0. The van der Waals surface area contributed by atoms with E-state index in [0.717, 1.165) is 18.3 Å². The summed E-state index contributed by atoms with van der Waals surface area (Å²) in [6.07, 6.45) is 0.432. The minimum atomic E-state index is -1.94. The van der Waals surface area contributed by atoms with Gasteiger partial charge in [0.2, 0.25) is 5.66 Å². The maximum atomic E-state index is 13.6. The lowest BCUT2D eigenvalue weighted by Crippen LogP contribution is -2.51. The van der Waals surface area contributed by atoms with Gasteiger partial charge in [-0.25, -0.2) is 13.8 Å². The van der Waals surface area contributed by atoms with Crippen LogP contribution in [0.1, 0.15) is 5.56 Å². The van der Waals surface area contributed by atoms with Crippen molar-refractivity contribution in [3.8, 4) is 0 Å². The second-order valence-corrected chi connectivity index (χ2v) is 4.23. The quantitative estimate of drug-likeness (QED) is 0.540. The lowest BCUT2D eigenvalue weighted by Gasteiger charge is -2.26. The molecular formula is C11H11F2N5O2. The molecule has 0 bridgehead atoms. The van der Waals surface area contributed by atoms with Gasteiger partial charge in [-0.3, -0.25) is 15.8 Å². The van der Waals surface area contributed by atoms with Crippen LogP contribution in [-0.4, -0.2) is 16.5 Å². The van der Waals surface area contributed by atoms with Gasteiger partial charge in [0.25, 0.3) is 0 Å². The van der Waals surface area contributed by atoms with E-state index in [1.54, 1.807) is 0 Å². The number of nitrogens with zero attached hydrogens (tertiary/aromatic N) is 2. The van der Waals surface area contributed by atoms with E-state index in [0.29, 0.717) is 0 Å². The predicted octanol–water partition coefficient (Wildman–Crippen LogP) is 0.198. The Morgan fingerprint density at radius 3 is 2.55 bits per heavy atom. The van der Waals surface area contributed by atoms with E-state index in [1.807, 2.05) is 0 Å². The first-order valence-electron chi connectivity index (χ1n) is 5.52. The fourth-order valence-electron chi connectivity index (χ4n) is 1.88. The molecule has 0 saturated carbocycles. The molecule has 1 aromatic rings. The first kappa shape index (κ1) is 13.9. The lowest BCUT2D eigenvalue weighted by molar-refractivity contribution is -0.435. The molecule has 7 nitrogen and oxygen atoms in total. The third-order valence-corrected chi connectivity index (χ3v) is 2.82. The Balaban J connectivity index is 2.45. The number of aliphatic imine (C=N–C) groups is 1. The highest BCUT2D eigenvalue weighted by Crippen LogP contribution is 2.26. The second-order valence-electron chi connectivity index (χ2n) is 4.23. The van der Waals surface area contributed by atoms with Crippen LogP contribution in [0.5, 0.6) is 0 Å². The molecule has 20 heavy (non-hydrogen) atoms. The Morgan fingerprint density at radius 1 is 1.40 bits per heavy atom. The number of benzene rings is 1. The van der Waals surface area contributed by atoms with Crippen LogP contribution < -0.4 is 16.8 Å². The van der Waals surface area contributed by atoms with Gasteiger partial charge in [0.05, 0.1) is 11.1 Å². The van der Waals surface area contributed by atoms with Crippen molar-refractivity contribution >= 4 is 5.96 Å². The summed E-state index contributed by atoms with van der Waals surface area (Å²) < 4.78 is 27.2. The number of guanidine groups is 1. The minimum absolute atomic E-state index is 0.171. The van der Waals surface area contributed by atoms with Crippen molar-refractivity contribution in [3.63, 3.8) is 0 Å². The summed E-state index contributed by atoms with van der Waals surface area (Å²) in [5.41, 5.74) is 8.36. The van der Waals surface area contributed by atoms with Gasteiger partial charge in [-0.1, -0.05) is 6.07 Å². The number of nitrogens with one attached hydrogen (secondary N) is 1. The molecule has 1 unspecified atom stereocenters. The summed E-state index contributed by atoms with van der Waals surface area (Å²) in [6, 6.07) is 3.25. The SMILES string of the molecule is NC1=NC(N)(Cc2c(F)cccc2F)C([N+](=O)[O-])=CN1. The van der Waals surface area contributed by atoms with Gasteiger partial charge in [0, 0.05) is 12.0 Å². The van der Waals surface area contributed by atoms with E-state index in [-0.39, 0.29) is 11.5 Å². The number of nitro groups is 1. The zero-order valence-corrected chi connectivity index (χ0v) is 10.1. The highest BCUT2D eigenvalue weighted by atomic mass is 19.1. The molecule has 1 heterocycles. The van der Waals surface area contributed by atoms with Gasteiger partial charge in [0.15, 0.2) is 5.96 Å². The van der Waals surface area contributed by atoms with Crippen LogP contribution in [0.15, 0.2) is 35.1 Å². The van der Waals surface area contributed by atoms with E-state index in [9.17, 15) is 18.9 Å². The Bertz CT molecular complexity index is 611. The van der Waals surface area contributed by atoms with Crippen molar-refractivity contribution in [2.24, 2.45) is 16.5 Å². The molecule has 0 aromatic heterocycles. The molecule has 0 saturated heterocycles. The van der Waals surface area contributed by atoms with Gasteiger partial charge in [-0.05, 0) is 12.1 Å². The smallest absolute Gasteiger partial charge is 0.304 e. The van der Waals surface area contributed by atoms with E-state index >= 15 is 0 Å². The Kier molecular flexibility index (Phi) is 3.36. The molecule has 0 radical (unpaired) electrons. The van der Waals surface area contributed by atoms with E-state index in [2.05, 4.69) is 10.3 Å². The summed E-state index contributed by atoms with van der Waals surface area (Å²) in [4.78, 5) is 13.9. The number of halogens is 2. The molecule has 0 spiro atoms. The molecule has 106 valence electrons. The largest absolute Gasteiger partial charge is 0.370 e. The highest BCUT2D eigenvalue weighted by molar-refractivity contribution is 5.80. The highest BCUT2D eigenvalue weighted by Gasteiger charge is 2.42. The number of nitrogens with two attached hydrogens (primary N) is 2. The third-order valence-electron chi connectivity index (χ3n) is 2.82. The standard InChI is InChI=1S/C11H11F2N5O2/c12-7-2-1-3-8(13)6(7)4-11(15)9(18(19)20)5-16-10(14)17-11/h1-3,5H,4,15H2,(H3,14,16,17). The van der Waals surface area contributed by atoms with E-state index in [4.69, 9.17) is 11.5 Å². The second kappa shape index (κ2) is 4.85. The molecule has 0 amide bonds. The van der Waals surface area contributed by atoms with Crippen molar-refractivity contribution in [1.29, 1.82) is 0 Å². The van der Waals surface area contributed by atoms with Gasteiger partial charge in [0.1, 0.15) is 11.6 Å². The van der Waals surface area contributed by atoms with Gasteiger partial charge in [-0.2, -0.15) is 0 Å². The van der Waals surface area contributed by atoms with Crippen molar-refractivity contribution in [3.05, 3.63) is 57.4 Å². The molecule has 1 aliphatic heterocycles. The molecule has 0 fully saturated rings. The van der Waals surface area contributed by atoms with Gasteiger partial charge in [-0.15, -0.1) is 0 Å². The molecule has 1 atom stereocenters. The van der Waals surface area contributed by atoms with Crippen molar-refractivity contribution in [2.75, 3.05) is 0 Å². The molecule has 0 aliphatic carbocycles. The average Bonchev–Trinajstić information content (AvgIpc) is 2.33. The van der Waals surface area contributed by atoms with Crippen LogP contribution in [0.25, 0.3) is 0 Å². The summed E-state index contributed by atoms with van der Waals surface area (Å²) in [7, 11) is 0. The maximum Gasteiger partial charge on any atom is 0.304 e. The van der Waals surface area contributed by atoms with Crippen LogP contribution in [0.3, 0.4) is 0 Å². The van der Waals surface area contributed by atoms with Crippen LogP contribution >= 0.6 is 0 Å². The zero-order chi connectivity index (χ0) is 14.9. The first-order valence-corrected chi connectivity index (χ1v) is 5.52. The fraction of sp³-hybridized carbons (Fsp3) is 0.182. The maximum absolute atomic E-state index is 13.6. The van der Waals surface area contributed by atoms with Crippen LogP contribution in [0.2, 0.25) is 0 Å². The predicted molar refractivity (Wildman–Crippen MR) is 66.8 cm³/mol. The lowest BCUT2D eigenvalue weighted by atomic mass is 9.96. The average molecular weight is 283 g/mol. The molecule has 1 aliphatic rings. The number of hydrogen-bond acceptors (Lipinski definition) is 6. The zero-order valence-electron chi connectivity index (χ0n) is 10.1. The summed E-state index contributed by atoms with van der Waals surface area (Å²) in [5, 5.41) is 13.3. The molecule has 5 N–H and O–H groups in total. The Morgan fingerprint density at radius 2 is 2.00 bits per heavy atom. The van der Waals surface area contributed by atoms with Crippen molar-refractivity contribution in [1.82, 2.24) is 5.32 Å². The Labute approximate surface area is 112 Å². The van der Waals surface area contributed by atoms with Crippen molar-refractivity contribution in [2.45, 2.75) is 12.1 Å². The summed E-state index contributed by atoms with van der Waals surface area (Å²) in [6.45, 7) is 0. The van der Waals surface area contributed by atoms with Gasteiger partial charge >= 0.3 is 5.70 Å². The molecule has 9 heteroatoms. The normalized spacial score (nSPS) is 21.8. The number of rotatable bonds is 3. The van der Waals surface area contributed by atoms with Crippen LogP contribution in [0.4, 0.5) is 8.78 Å². The Hall–Kier alpha value is -2.55. The minimum Gasteiger partial charge on any atom is -0.370 e. The fourth-order valence-corrected chi connectivity index (χ4v) is 1.88. The van der Waals surface area contributed by atoms with E-state index < -0.39 is 34.3 Å². The third kappa shape index (κ3) is 2.43. The molecule has 1 aromatic carbocycles. The summed E-state index contributed by atoms with van der Waals surface area (Å²) in [5.74, 6) is -1.88. The molecular weight excluding hydrogens is 272 g/mol. The molecule has 2 rings (SSSR count).